The van der Waals surface area contributed by atoms with Crippen molar-refractivity contribution in [3.63, 3.8) is 0 Å². The van der Waals surface area contributed by atoms with Gasteiger partial charge in [-0.3, -0.25) is 5.43 Å². The number of rotatable bonds is 5. The van der Waals surface area contributed by atoms with Crippen LogP contribution in [0.25, 0.3) is 0 Å². The second-order valence-corrected chi connectivity index (χ2v) is 1.71. The van der Waals surface area contributed by atoms with Crippen molar-refractivity contribution in [3.8, 4) is 6.19 Å². The summed E-state index contributed by atoms with van der Waals surface area (Å²) >= 11 is 0. The third-order valence-corrected chi connectivity index (χ3v) is 0.907. The van der Waals surface area contributed by atoms with Crippen molar-refractivity contribution in [1.29, 1.82) is 5.26 Å². The minimum Gasteiger partial charge on any atom is -0.255 e. The smallest absolute Gasteiger partial charge is 0.192 e. The van der Waals surface area contributed by atoms with E-state index >= 15 is 0 Å². The number of hydrogen-bond donors (Lipinski definition) is 1. The highest BCUT2D eigenvalue weighted by Crippen LogP contribution is 1.81. The summed E-state index contributed by atoms with van der Waals surface area (Å²) in [5, 5.41) is 9.91. The standard InChI is InChI=1S/C7H11N3/c1-3-5-10(6-4-2)9-7-8/h3-4,9H,1-2,5-6H2. The van der Waals surface area contributed by atoms with Gasteiger partial charge in [0.2, 0.25) is 0 Å². The van der Waals surface area contributed by atoms with Crippen molar-refractivity contribution in [2.24, 2.45) is 0 Å². The molecule has 0 atom stereocenters. The van der Waals surface area contributed by atoms with E-state index in [1.807, 2.05) is 6.19 Å². The van der Waals surface area contributed by atoms with Crippen LogP contribution in [-0.4, -0.2) is 18.1 Å². The molecule has 0 bridgehead atoms. The molecular formula is C7H11N3. The van der Waals surface area contributed by atoms with Crippen LogP contribution >= 0.6 is 0 Å². The topological polar surface area (TPSA) is 39.1 Å². The molecule has 0 spiro atoms. The molecule has 0 heterocycles. The second kappa shape index (κ2) is 5.86. The van der Waals surface area contributed by atoms with Gasteiger partial charge in [0.05, 0.1) is 0 Å². The van der Waals surface area contributed by atoms with Crippen molar-refractivity contribution in [2.45, 2.75) is 0 Å². The van der Waals surface area contributed by atoms with Crippen LogP contribution < -0.4 is 5.43 Å². The van der Waals surface area contributed by atoms with Gasteiger partial charge in [-0.25, -0.2) is 5.01 Å². The van der Waals surface area contributed by atoms with E-state index in [2.05, 4.69) is 18.6 Å². The largest absolute Gasteiger partial charge is 0.255 e. The van der Waals surface area contributed by atoms with Crippen LogP contribution in [0.2, 0.25) is 0 Å². The number of hydrazine groups is 1. The van der Waals surface area contributed by atoms with Crippen LogP contribution in [0.4, 0.5) is 0 Å². The zero-order valence-corrected chi connectivity index (χ0v) is 5.88. The second-order valence-electron chi connectivity index (χ2n) is 1.71. The molecule has 1 N–H and O–H groups in total. The fourth-order valence-corrected chi connectivity index (χ4v) is 0.548. The Balaban J connectivity index is 3.61. The maximum absolute atomic E-state index is 8.22. The summed E-state index contributed by atoms with van der Waals surface area (Å²) in [5.41, 5.74) is 2.48. The fraction of sp³-hybridized carbons (Fsp3) is 0.286. The van der Waals surface area contributed by atoms with Crippen molar-refractivity contribution in [2.75, 3.05) is 13.1 Å². The van der Waals surface area contributed by atoms with E-state index in [0.29, 0.717) is 13.1 Å². The lowest BCUT2D eigenvalue weighted by molar-refractivity contribution is 0.282. The van der Waals surface area contributed by atoms with Crippen LogP contribution in [0, 0.1) is 11.5 Å². The summed E-state index contributed by atoms with van der Waals surface area (Å²) < 4.78 is 0. The highest BCUT2D eigenvalue weighted by molar-refractivity contribution is 4.79. The van der Waals surface area contributed by atoms with Crippen molar-refractivity contribution < 1.29 is 0 Å². The number of nitrogens with zero attached hydrogens (tertiary/aromatic N) is 2. The monoisotopic (exact) mass is 137 g/mol. The molecule has 54 valence electrons. The SMILES string of the molecule is C=CCN(CC=C)NC#N. The Bertz CT molecular complexity index is 135. The summed E-state index contributed by atoms with van der Waals surface area (Å²) in [4.78, 5) is 0. The summed E-state index contributed by atoms with van der Waals surface area (Å²) in [6.45, 7) is 8.36. The summed E-state index contributed by atoms with van der Waals surface area (Å²) in [5.74, 6) is 0. The first kappa shape index (κ1) is 8.73. The van der Waals surface area contributed by atoms with E-state index in [-0.39, 0.29) is 0 Å². The van der Waals surface area contributed by atoms with Gasteiger partial charge in [0, 0.05) is 13.1 Å². The Labute approximate surface area is 61.2 Å². The van der Waals surface area contributed by atoms with E-state index in [4.69, 9.17) is 5.26 Å². The average molecular weight is 137 g/mol. The lowest BCUT2D eigenvalue weighted by Crippen LogP contribution is -2.34. The minimum absolute atomic E-state index is 0.638. The Morgan fingerprint density at radius 1 is 1.40 bits per heavy atom. The third kappa shape index (κ3) is 3.70. The van der Waals surface area contributed by atoms with Gasteiger partial charge in [0.25, 0.3) is 0 Å². The van der Waals surface area contributed by atoms with Gasteiger partial charge in [-0.15, -0.1) is 13.2 Å². The molecule has 0 aliphatic heterocycles. The Kier molecular flexibility index (Phi) is 5.12. The van der Waals surface area contributed by atoms with Crippen LogP contribution in [0.5, 0.6) is 0 Å². The van der Waals surface area contributed by atoms with E-state index < -0.39 is 0 Å². The number of hydrogen-bond acceptors (Lipinski definition) is 3. The first-order valence-electron chi connectivity index (χ1n) is 2.96. The van der Waals surface area contributed by atoms with E-state index in [0.717, 1.165) is 0 Å². The molecule has 10 heavy (non-hydrogen) atoms. The molecule has 0 fully saturated rings. The Hall–Kier alpha value is -1.27. The molecule has 0 amide bonds. The molecule has 0 aromatic carbocycles. The molecule has 0 unspecified atom stereocenters. The van der Waals surface area contributed by atoms with Gasteiger partial charge in [-0.1, -0.05) is 12.2 Å². The zero-order valence-electron chi connectivity index (χ0n) is 5.88. The van der Waals surface area contributed by atoms with Gasteiger partial charge in [0.1, 0.15) is 0 Å². The minimum atomic E-state index is 0.638. The Morgan fingerprint density at radius 2 is 1.90 bits per heavy atom. The van der Waals surface area contributed by atoms with Gasteiger partial charge in [-0.2, -0.15) is 5.26 Å². The maximum atomic E-state index is 8.22. The predicted molar refractivity (Wildman–Crippen MR) is 40.7 cm³/mol. The zero-order chi connectivity index (χ0) is 7.82. The quantitative estimate of drug-likeness (QED) is 0.262. The average Bonchev–Trinajstić information content (AvgIpc) is 1.90. The van der Waals surface area contributed by atoms with Crippen molar-refractivity contribution >= 4 is 0 Å². The molecule has 3 heteroatoms. The maximum Gasteiger partial charge on any atom is 0.192 e. The summed E-state index contributed by atoms with van der Waals surface area (Å²) in [6, 6.07) is 0. The molecule has 0 aliphatic rings. The molecule has 0 aromatic heterocycles. The first-order chi connectivity index (χ1) is 4.85. The molecule has 0 aromatic rings. The van der Waals surface area contributed by atoms with Crippen molar-refractivity contribution in [3.05, 3.63) is 25.3 Å². The van der Waals surface area contributed by atoms with Crippen LogP contribution in [-0.2, 0) is 0 Å². The van der Waals surface area contributed by atoms with Crippen molar-refractivity contribution in [1.82, 2.24) is 10.4 Å². The molecule has 0 rings (SSSR count). The van der Waals surface area contributed by atoms with Gasteiger partial charge >= 0.3 is 0 Å². The van der Waals surface area contributed by atoms with Crippen LogP contribution in [0.1, 0.15) is 0 Å². The summed E-state index contributed by atoms with van der Waals surface area (Å²) in [7, 11) is 0. The molecule has 0 radical (unpaired) electrons. The normalized spacial score (nSPS) is 8.40. The first-order valence-corrected chi connectivity index (χ1v) is 2.96. The van der Waals surface area contributed by atoms with Crippen LogP contribution in [0.3, 0.4) is 0 Å². The molecule has 0 saturated heterocycles. The van der Waals surface area contributed by atoms with Gasteiger partial charge < -0.3 is 0 Å². The third-order valence-electron chi connectivity index (χ3n) is 0.907. The van der Waals surface area contributed by atoms with E-state index in [1.165, 1.54) is 0 Å². The summed E-state index contributed by atoms with van der Waals surface area (Å²) in [6.07, 6.45) is 5.25. The molecule has 0 saturated carbocycles. The van der Waals surface area contributed by atoms with Gasteiger partial charge in [0.15, 0.2) is 6.19 Å². The van der Waals surface area contributed by atoms with Gasteiger partial charge in [-0.05, 0) is 0 Å². The predicted octanol–water partition coefficient (Wildman–Crippen LogP) is 0.646. The molecular weight excluding hydrogens is 126 g/mol. The number of nitriles is 1. The fourth-order valence-electron chi connectivity index (χ4n) is 0.548. The lowest BCUT2D eigenvalue weighted by atomic mass is 10.5. The van der Waals surface area contributed by atoms with E-state index in [9.17, 15) is 0 Å². The molecule has 3 nitrogen and oxygen atoms in total. The Morgan fingerprint density at radius 3 is 2.20 bits per heavy atom. The molecule has 0 aliphatic carbocycles. The van der Waals surface area contributed by atoms with E-state index in [1.54, 1.807) is 17.2 Å². The van der Waals surface area contributed by atoms with Crippen LogP contribution in [0.15, 0.2) is 25.3 Å². The highest BCUT2D eigenvalue weighted by atomic mass is 15.5. The lowest BCUT2D eigenvalue weighted by Gasteiger charge is -2.14. The highest BCUT2D eigenvalue weighted by Gasteiger charge is 1.94. The number of nitrogens with one attached hydrogen (secondary N) is 1.